The minimum atomic E-state index is -0.443. The lowest BCUT2D eigenvalue weighted by Gasteiger charge is -2.38. The first-order valence-electron chi connectivity index (χ1n) is 7.32. The maximum Gasteiger partial charge on any atom is 0.125 e. The summed E-state index contributed by atoms with van der Waals surface area (Å²) in [4.78, 5) is 2.36. The third-order valence-electron chi connectivity index (χ3n) is 3.75. The summed E-state index contributed by atoms with van der Waals surface area (Å²) < 4.78 is 5.83. The van der Waals surface area contributed by atoms with Gasteiger partial charge in [-0.3, -0.25) is 4.90 Å². The van der Waals surface area contributed by atoms with Crippen molar-refractivity contribution < 1.29 is 9.84 Å². The Morgan fingerprint density at radius 3 is 2.58 bits per heavy atom. The smallest absolute Gasteiger partial charge is 0.125 e. The normalized spacial score (nSPS) is 22.2. The predicted molar refractivity (Wildman–Crippen MR) is 77.6 cm³/mol. The molecule has 1 aliphatic rings. The van der Waals surface area contributed by atoms with E-state index in [4.69, 9.17) is 4.74 Å². The van der Waals surface area contributed by atoms with Crippen LogP contribution in [0, 0.1) is 6.92 Å². The Morgan fingerprint density at radius 1 is 1.26 bits per heavy atom. The van der Waals surface area contributed by atoms with Crippen molar-refractivity contribution >= 4 is 0 Å². The average Bonchev–Trinajstić information content (AvgIpc) is 2.40. The van der Waals surface area contributed by atoms with Crippen LogP contribution in [0.25, 0.3) is 0 Å². The average molecular weight is 263 g/mol. The zero-order valence-corrected chi connectivity index (χ0v) is 12.2. The summed E-state index contributed by atoms with van der Waals surface area (Å²) in [6.07, 6.45) is 1.76. The molecule has 2 rings (SSSR count). The van der Waals surface area contributed by atoms with E-state index in [1.165, 1.54) is 5.56 Å². The maximum absolute atomic E-state index is 10.6. The lowest BCUT2D eigenvalue weighted by Crippen LogP contribution is -2.46. The van der Waals surface area contributed by atoms with Crippen LogP contribution in [0.3, 0.4) is 0 Å². The Labute approximate surface area is 116 Å². The lowest BCUT2D eigenvalue weighted by atomic mass is 9.96. The molecule has 19 heavy (non-hydrogen) atoms. The first-order valence-corrected chi connectivity index (χ1v) is 7.32. The van der Waals surface area contributed by atoms with Crippen LogP contribution in [0.5, 0.6) is 5.75 Å². The van der Waals surface area contributed by atoms with Crippen molar-refractivity contribution in [1.82, 2.24) is 4.90 Å². The van der Waals surface area contributed by atoms with Crippen LogP contribution >= 0.6 is 0 Å². The lowest BCUT2D eigenvalue weighted by molar-refractivity contribution is 0.00326. The fourth-order valence-corrected chi connectivity index (χ4v) is 2.83. The zero-order valence-electron chi connectivity index (χ0n) is 12.2. The molecule has 1 aliphatic heterocycles. The largest absolute Gasteiger partial charge is 0.491 e. The third-order valence-corrected chi connectivity index (χ3v) is 3.75. The third kappa shape index (κ3) is 3.10. The van der Waals surface area contributed by atoms with Gasteiger partial charge in [-0.05, 0) is 45.0 Å². The fraction of sp³-hybridized carbons (Fsp3) is 0.625. The second-order valence-electron chi connectivity index (χ2n) is 5.40. The van der Waals surface area contributed by atoms with Gasteiger partial charge in [-0.25, -0.2) is 0 Å². The van der Waals surface area contributed by atoms with Gasteiger partial charge in [-0.1, -0.05) is 25.5 Å². The van der Waals surface area contributed by atoms with Crippen molar-refractivity contribution in [2.45, 2.75) is 45.8 Å². The van der Waals surface area contributed by atoms with E-state index in [1.54, 1.807) is 0 Å². The van der Waals surface area contributed by atoms with Gasteiger partial charge in [-0.15, -0.1) is 0 Å². The SMILES string of the molecule is CCCN(CCC)C1COc2ccc(C)cc2C1O. The van der Waals surface area contributed by atoms with Crippen LogP contribution in [-0.2, 0) is 0 Å². The molecule has 3 nitrogen and oxygen atoms in total. The molecular weight excluding hydrogens is 238 g/mol. The first kappa shape index (κ1) is 14.4. The quantitative estimate of drug-likeness (QED) is 0.886. The minimum Gasteiger partial charge on any atom is -0.491 e. The zero-order chi connectivity index (χ0) is 13.8. The van der Waals surface area contributed by atoms with Gasteiger partial charge in [-0.2, -0.15) is 0 Å². The molecule has 0 saturated carbocycles. The standard InChI is InChI=1S/C16H25NO2/c1-4-8-17(9-5-2)14-11-19-15-7-6-12(3)10-13(15)16(14)18/h6-7,10,14,16,18H,4-5,8-9,11H2,1-3H3. The second-order valence-corrected chi connectivity index (χ2v) is 5.40. The van der Waals surface area contributed by atoms with Crippen LogP contribution in [0.1, 0.15) is 43.9 Å². The van der Waals surface area contributed by atoms with E-state index in [0.717, 1.165) is 37.2 Å². The van der Waals surface area contributed by atoms with E-state index in [9.17, 15) is 5.11 Å². The number of nitrogens with zero attached hydrogens (tertiary/aromatic N) is 1. The highest BCUT2D eigenvalue weighted by Gasteiger charge is 2.33. The van der Waals surface area contributed by atoms with Crippen LogP contribution in [0.15, 0.2) is 18.2 Å². The molecule has 106 valence electrons. The van der Waals surface area contributed by atoms with E-state index >= 15 is 0 Å². The summed E-state index contributed by atoms with van der Waals surface area (Å²) in [7, 11) is 0. The number of aryl methyl sites for hydroxylation is 1. The highest BCUT2D eigenvalue weighted by molar-refractivity contribution is 5.40. The molecule has 0 fully saturated rings. The Morgan fingerprint density at radius 2 is 1.95 bits per heavy atom. The van der Waals surface area contributed by atoms with E-state index in [-0.39, 0.29) is 6.04 Å². The Bertz CT molecular complexity index is 413. The molecule has 1 aromatic rings. The highest BCUT2D eigenvalue weighted by atomic mass is 16.5. The van der Waals surface area contributed by atoms with Crippen molar-refractivity contribution in [3.63, 3.8) is 0 Å². The molecule has 0 aromatic heterocycles. The monoisotopic (exact) mass is 263 g/mol. The van der Waals surface area contributed by atoms with E-state index in [1.807, 2.05) is 25.1 Å². The van der Waals surface area contributed by atoms with Gasteiger partial charge in [0.25, 0.3) is 0 Å². The van der Waals surface area contributed by atoms with Gasteiger partial charge in [0, 0.05) is 5.56 Å². The Balaban J connectivity index is 2.21. The number of aliphatic hydroxyl groups excluding tert-OH is 1. The molecule has 0 saturated heterocycles. The molecule has 2 atom stereocenters. The van der Waals surface area contributed by atoms with Crippen LogP contribution in [0.2, 0.25) is 0 Å². The van der Waals surface area contributed by atoms with Gasteiger partial charge >= 0.3 is 0 Å². The van der Waals surface area contributed by atoms with E-state index < -0.39 is 6.10 Å². The van der Waals surface area contributed by atoms with Gasteiger partial charge in [0.05, 0.1) is 6.04 Å². The van der Waals surface area contributed by atoms with E-state index in [0.29, 0.717) is 6.61 Å². The second kappa shape index (κ2) is 6.40. The molecule has 1 aromatic carbocycles. The summed E-state index contributed by atoms with van der Waals surface area (Å²) in [5.41, 5.74) is 2.10. The molecule has 2 unspecified atom stereocenters. The Kier molecular flexibility index (Phi) is 4.83. The van der Waals surface area contributed by atoms with Crippen molar-refractivity contribution in [1.29, 1.82) is 0 Å². The van der Waals surface area contributed by atoms with Gasteiger partial charge in [0.15, 0.2) is 0 Å². The van der Waals surface area contributed by atoms with Crippen molar-refractivity contribution in [3.8, 4) is 5.75 Å². The molecule has 1 N–H and O–H groups in total. The van der Waals surface area contributed by atoms with Crippen LogP contribution in [-0.4, -0.2) is 35.7 Å². The summed E-state index contributed by atoms with van der Waals surface area (Å²) in [5, 5.41) is 10.6. The molecule has 0 bridgehead atoms. The number of fused-ring (bicyclic) bond motifs is 1. The number of rotatable bonds is 5. The van der Waals surface area contributed by atoms with Crippen molar-refractivity contribution in [2.75, 3.05) is 19.7 Å². The summed E-state index contributed by atoms with van der Waals surface area (Å²) in [6.45, 7) is 9.01. The molecule has 0 amide bonds. The molecule has 0 radical (unpaired) electrons. The molecule has 0 aliphatic carbocycles. The number of hydrogen-bond donors (Lipinski definition) is 1. The Hall–Kier alpha value is -1.06. The number of benzene rings is 1. The van der Waals surface area contributed by atoms with Crippen molar-refractivity contribution in [3.05, 3.63) is 29.3 Å². The van der Waals surface area contributed by atoms with Gasteiger partial charge in [0.2, 0.25) is 0 Å². The predicted octanol–water partition coefficient (Wildman–Crippen LogP) is 2.91. The topological polar surface area (TPSA) is 32.7 Å². The molecule has 0 spiro atoms. The highest BCUT2D eigenvalue weighted by Crippen LogP contribution is 2.34. The van der Waals surface area contributed by atoms with E-state index in [2.05, 4.69) is 18.7 Å². The number of aliphatic hydroxyl groups is 1. The molecule has 1 heterocycles. The fourth-order valence-electron chi connectivity index (χ4n) is 2.83. The summed E-state index contributed by atoms with van der Waals surface area (Å²) >= 11 is 0. The van der Waals surface area contributed by atoms with Crippen LogP contribution < -0.4 is 4.74 Å². The van der Waals surface area contributed by atoms with Crippen molar-refractivity contribution in [2.24, 2.45) is 0 Å². The number of hydrogen-bond acceptors (Lipinski definition) is 3. The first-order chi connectivity index (χ1) is 9.17. The van der Waals surface area contributed by atoms with Gasteiger partial charge in [0.1, 0.15) is 18.5 Å². The molecular formula is C16H25NO2. The van der Waals surface area contributed by atoms with Crippen LogP contribution in [0.4, 0.5) is 0 Å². The molecule has 3 heteroatoms. The minimum absolute atomic E-state index is 0.0780. The summed E-state index contributed by atoms with van der Waals surface area (Å²) in [5.74, 6) is 0.835. The van der Waals surface area contributed by atoms with Gasteiger partial charge < -0.3 is 9.84 Å². The maximum atomic E-state index is 10.6. The number of ether oxygens (including phenoxy) is 1. The summed E-state index contributed by atoms with van der Waals surface area (Å²) in [6, 6.07) is 6.12.